The number of hydrogen-bond acceptors (Lipinski definition) is 4. The Labute approximate surface area is 113 Å². The molecule has 0 aromatic rings. The predicted molar refractivity (Wildman–Crippen MR) is 67.4 cm³/mol. The molecule has 1 fully saturated rings. The summed E-state index contributed by atoms with van der Waals surface area (Å²) in [5, 5.41) is 0. The van der Waals surface area contributed by atoms with Crippen LogP contribution >= 0.6 is 0 Å². The van der Waals surface area contributed by atoms with Gasteiger partial charge in [-0.25, -0.2) is 14.0 Å². The predicted octanol–water partition coefficient (Wildman–Crippen LogP) is 2.14. The average molecular weight is 275 g/mol. The van der Waals surface area contributed by atoms with Crippen LogP contribution in [-0.2, 0) is 14.3 Å². The summed E-state index contributed by atoms with van der Waals surface area (Å²) in [6.45, 7) is 6.73. The number of likely N-dealkylation sites (tertiary alicyclic amines) is 1. The van der Waals surface area contributed by atoms with Gasteiger partial charge in [0.1, 0.15) is 17.8 Å². The third kappa shape index (κ3) is 4.08. The second-order valence-corrected chi connectivity index (χ2v) is 5.90. The number of carbonyl (C=O) groups is 2. The summed E-state index contributed by atoms with van der Waals surface area (Å²) < 4.78 is 23.6. The van der Waals surface area contributed by atoms with Gasteiger partial charge >= 0.3 is 12.1 Å². The van der Waals surface area contributed by atoms with E-state index in [4.69, 9.17) is 4.74 Å². The third-order valence-corrected chi connectivity index (χ3v) is 3.06. The number of rotatable bonds is 1. The lowest BCUT2D eigenvalue weighted by Gasteiger charge is -2.39. The maximum absolute atomic E-state index is 13.8. The molecule has 0 radical (unpaired) electrons. The van der Waals surface area contributed by atoms with Crippen LogP contribution in [0.3, 0.4) is 0 Å². The van der Waals surface area contributed by atoms with E-state index < -0.39 is 29.9 Å². The Morgan fingerprint density at radius 3 is 2.37 bits per heavy atom. The van der Waals surface area contributed by atoms with Crippen molar-refractivity contribution in [1.29, 1.82) is 0 Å². The minimum Gasteiger partial charge on any atom is -0.467 e. The van der Waals surface area contributed by atoms with Gasteiger partial charge in [-0.2, -0.15) is 0 Å². The quantitative estimate of drug-likeness (QED) is 0.688. The lowest BCUT2D eigenvalue weighted by atomic mass is 9.91. The third-order valence-electron chi connectivity index (χ3n) is 3.06. The van der Waals surface area contributed by atoms with Crippen LogP contribution in [0.25, 0.3) is 0 Å². The molecule has 0 aromatic carbocycles. The van der Waals surface area contributed by atoms with Gasteiger partial charge in [0.15, 0.2) is 0 Å². The van der Waals surface area contributed by atoms with E-state index in [1.165, 1.54) is 7.11 Å². The molecule has 0 aromatic heterocycles. The minimum atomic E-state index is -1.16. The summed E-state index contributed by atoms with van der Waals surface area (Å²) in [7, 11) is 1.25. The van der Waals surface area contributed by atoms with E-state index in [9.17, 15) is 14.0 Å². The molecular weight excluding hydrogens is 253 g/mol. The van der Waals surface area contributed by atoms with E-state index in [0.717, 1.165) is 4.90 Å². The summed E-state index contributed by atoms with van der Waals surface area (Å²) in [6, 6.07) is -0.776. The minimum absolute atomic E-state index is 0.143. The van der Waals surface area contributed by atoms with Gasteiger partial charge in [0.25, 0.3) is 0 Å². The highest BCUT2D eigenvalue weighted by Crippen LogP contribution is 2.27. The highest BCUT2D eigenvalue weighted by Gasteiger charge is 2.42. The molecule has 1 unspecified atom stereocenters. The van der Waals surface area contributed by atoms with Crippen LogP contribution in [0.1, 0.15) is 34.1 Å². The first-order valence-electron chi connectivity index (χ1n) is 6.37. The number of esters is 1. The Bertz CT molecular complexity index is 353. The standard InChI is InChI=1S/C13H22FNO4/c1-8-6-10(11(16)18-5)15(7-9(8)14)12(17)19-13(2,3)4/h8-10H,6-7H2,1-5H3/t8?,9-,10+/m0/s1. The van der Waals surface area contributed by atoms with Gasteiger partial charge in [0, 0.05) is 0 Å². The zero-order valence-electron chi connectivity index (χ0n) is 12.1. The summed E-state index contributed by atoms with van der Waals surface area (Å²) in [6.07, 6.45) is -1.60. The molecule has 0 bridgehead atoms. The van der Waals surface area contributed by atoms with Crippen molar-refractivity contribution in [2.24, 2.45) is 5.92 Å². The lowest BCUT2D eigenvalue weighted by molar-refractivity contribution is -0.149. The van der Waals surface area contributed by atoms with Gasteiger partial charge in [0.05, 0.1) is 13.7 Å². The number of ether oxygens (including phenoxy) is 2. The van der Waals surface area contributed by atoms with Crippen LogP contribution in [-0.4, -0.2) is 48.4 Å². The van der Waals surface area contributed by atoms with Gasteiger partial charge in [-0.05, 0) is 33.1 Å². The monoisotopic (exact) mass is 275 g/mol. The van der Waals surface area contributed by atoms with E-state index in [1.54, 1.807) is 27.7 Å². The van der Waals surface area contributed by atoms with Crippen LogP contribution in [0.5, 0.6) is 0 Å². The molecular formula is C13H22FNO4. The Morgan fingerprint density at radius 1 is 1.32 bits per heavy atom. The zero-order chi connectivity index (χ0) is 14.8. The normalized spacial score (nSPS) is 27.9. The van der Waals surface area contributed by atoms with E-state index in [2.05, 4.69) is 4.74 Å². The van der Waals surface area contributed by atoms with Crippen LogP contribution in [0.15, 0.2) is 0 Å². The van der Waals surface area contributed by atoms with E-state index in [-0.39, 0.29) is 18.9 Å². The fraction of sp³-hybridized carbons (Fsp3) is 0.846. The van der Waals surface area contributed by atoms with Gasteiger partial charge < -0.3 is 9.47 Å². The first-order chi connectivity index (χ1) is 8.65. The number of hydrogen-bond donors (Lipinski definition) is 0. The van der Waals surface area contributed by atoms with Crippen LogP contribution in [0.4, 0.5) is 9.18 Å². The van der Waals surface area contributed by atoms with Gasteiger partial charge in [-0.15, -0.1) is 0 Å². The molecule has 110 valence electrons. The highest BCUT2D eigenvalue weighted by molar-refractivity contribution is 5.81. The van der Waals surface area contributed by atoms with Crippen molar-refractivity contribution in [3.8, 4) is 0 Å². The number of piperidine rings is 1. The topological polar surface area (TPSA) is 55.8 Å². The number of amides is 1. The molecule has 1 aliphatic heterocycles. The number of halogens is 1. The van der Waals surface area contributed by atoms with Crippen molar-refractivity contribution < 1.29 is 23.5 Å². The lowest BCUT2D eigenvalue weighted by Crippen LogP contribution is -2.55. The molecule has 5 nitrogen and oxygen atoms in total. The first-order valence-corrected chi connectivity index (χ1v) is 6.37. The van der Waals surface area contributed by atoms with Crippen molar-refractivity contribution in [2.75, 3.05) is 13.7 Å². The van der Waals surface area contributed by atoms with Crippen LogP contribution in [0, 0.1) is 5.92 Å². The summed E-state index contributed by atoms with van der Waals surface area (Å²) in [5.74, 6) is -0.826. The Morgan fingerprint density at radius 2 is 1.89 bits per heavy atom. The van der Waals surface area contributed by atoms with E-state index in [0.29, 0.717) is 0 Å². The molecule has 0 aliphatic carbocycles. The van der Waals surface area contributed by atoms with Crippen molar-refractivity contribution in [3.63, 3.8) is 0 Å². The van der Waals surface area contributed by atoms with Crippen molar-refractivity contribution >= 4 is 12.1 Å². The summed E-state index contributed by atoms with van der Waals surface area (Å²) in [4.78, 5) is 24.9. The molecule has 1 heterocycles. The molecule has 3 atom stereocenters. The molecule has 0 saturated carbocycles. The van der Waals surface area contributed by atoms with Crippen molar-refractivity contribution in [3.05, 3.63) is 0 Å². The van der Waals surface area contributed by atoms with Gasteiger partial charge in [0.2, 0.25) is 0 Å². The second-order valence-electron chi connectivity index (χ2n) is 5.90. The van der Waals surface area contributed by atoms with Crippen molar-refractivity contribution in [1.82, 2.24) is 4.90 Å². The fourth-order valence-electron chi connectivity index (χ4n) is 2.00. The number of alkyl halides is 1. The highest BCUT2D eigenvalue weighted by atomic mass is 19.1. The summed E-state index contributed by atoms with van der Waals surface area (Å²) >= 11 is 0. The Hall–Kier alpha value is -1.33. The number of methoxy groups -OCH3 is 1. The molecule has 19 heavy (non-hydrogen) atoms. The first kappa shape index (κ1) is 15.7. The molecule has 6 heteroatoms. The SMILES string of the molecule is COC(=O)[C@H]1CC(C)[C@@H](F)CN1C(=O)OC(C)(C)C. The average Bonchev–Trinajstić information content (AvgIpc) is 2.28. The van der Waals surface area contributed by atoms with Crippen LogP contribution < -0.4 is 0 Å². The molecule has 1 saturated heterocycles. The van der Waals surface area contributed by atoms with Gasteiger partial charge in [-0.3, -0.25) is 4.90 Å². The Kier molecular flexibility index (Phi) is 4.76. The second kappa shape index (κ2) is 5.75. The number of nitrogens with zero attached hydrogens (tertiary/aromatic N) is 1. The van der Waals surface area contributed by atoms with E-state index >= 15 is 0 Å². The zero-order valence-corrected chi connectivity index (χ0v) is 12.1. The smallest absolute Gasteiger partial charge is 0.411 e. The van der Waals surface area contributed by atoms with Gasteiger partial charge in [-0.1, -0.05) is 6.92 Å². The summed E-state index contributed by atoms with van der Waals surface area (Å²) in [5.41, 5.74) is -0.688. The molecule has 0 spiro atoms. The molecule has 1 aliphatic rings. The van der Waals surface area contributed by atoms with E-state index in [1.807, 2.05) is 0 Å². The maximum Gasteiger partial charge on any atom is 0.411 e. The van der Waals surface area contributed by atoms with Crippen LogP contribution in [0.2, 0.25) is 0 Å². The molecule has 1 amide bonds. The largest absolute Gasteiger partial charge is 0.467 e. The molecule has 0 N–H and O–H groups in total. The molecule has 1 rings (SSSR count). The Balaban J connectivity index is 2.86. The van der Waals surface area contributed by atoms with Crippen molar-refractivity contribution in [2.45, 2.75) is 51.9 Å². The number of carbonyl (C=O) groups excluding carboxylic acids is 2. The maximum atomic E-state index is 13.8. The fourth-order valence-corrected chi connectivity index (χ4v) is 2.00.